The normalized spacial score (nSPS) is 19.6. The molecule has 6 heteroatoms. The summed E-state index contributed by atoms with van der Waals surface area (Å²) in [4.78, 5) is 18.5. The van der Waals surface area contributed by atoms with Crippen molar-refractivity contribution in [3.63, 3.8) is 0 Å². The summed E-state index contributed by atoms with van der Waals surface area (Å²) in [5, 5.41) is 6.90. The summed E-state index contributed by atoms with van der Waals surface area (Å²) in [6.07, 6.45) is 3.92. The highest BCUT2D eigenvalue weighted by molar-refractivity contribution is 7.09. The van der Waals surface area contributed by atoms with Gasteiger partial charge in [0.1, 0.15) is 5.76 Å². The predicted molar refractivity (Wildman–Crippen MR) is 71.2 cm³/mol. The molecule has 0 N–H and O–H groups in total. The van der Waals surface area contributed by atoms with Crippen molar-refractivity contribution in [2.24, 2.45) is 0 Å². The number of piperidine rings is 1. The van der Waals surface area contributed by atoms with E-state index < -0.39 is 0 Å². The van der Waals surface area contributed by atoms with Gasteiger partial charge in [0, 0.05) is 36.7 Å². The molecule has 3 rings (SSSR count). The van der Waals surface area contributed by atoms with Crippen LogP contribution in [-0.2, 0) is 0 Å². The Kier molecular flexibility index (Phi) is 3.33. The molecule has 1 unspecified atom stereocenters. The number of aryl methyl sites for hydroxylation is 1. The van der Waals surface area contributed by atoms with Crippen LogP contribution in [0.5, 0.6) is 0 Å². The number of carbonyl (C=O) groups excluding carboxylic acids is 1. The standard InChI is InChI=1S/C13H15N3O2S/c1-9-7-11(15-18-9)13(17)16-5-2-3-10(8-16)12-14-4-6-19-12/h4,6-7,10H,2-3,5,8H2,1H3. The highest BCUT2D eigenvalue weighted by atomic mass is 32.1. The van der Waals surface area contributed by atoms with Crippen molar-refractivity contribution in [2.75, 3.05) is 13.1 Å². The minimum absolute atomic E-state index is 0.0434. The zero-order valence-electron chi connectivity index (χ0n) is 10.7. The number of amides is 1. The van der Waals surface area contributed by atoms with E-state index in [1.54, 1.807) is 24.3 Å². The predicted octanol–water partition coefficient (Wildman–Crippen LogP) is 2.46. The average Bonchev–Trinajstić information content (AvgIpc) is 3.09. The van der Waals surface area contributed by atoms with Crippen LogP contribution in [0, 0.1) is 6.92 Å². The van der Waals surface area contributed by atoms with Crippen molar-refractivity contribution < 1.29 is 9.32 Å². The van der Waals surface area contributed by atoms with Crippen LogP contribution in [0.15, 0.2) is 22.2 Å². The van der Waals surface area contributed by atoms with E-state index >= 15 is 0 Å². The van der Waals surface area contributed by atoms with E-state index in [0.29, 0.717) is 17.4 Å². The van der Waals surface area contributed by atoms with Crippen molar-refractivity contribution in [1.82, 2.24) is 15.0 Å². The van der Waals surface area contributed by atoms with Gasteiger partial charge in [0.25, 0.3) is 5.91 Å². The Morgan fingerprint density at radius 2 is 2.47 bits per heavy atom. The summed E-state index contributed by atoms with van der Waals surface area (Å²) in [6.45, 7) is 3.29. The molecule has 0 radical (unpaired) electrons. The molecule has 5 nitrogen and oxygen atoms in total. The van der Waals surface area contributed by atoms with Gasteiger partial charge in [-0.2, -0.15) is 0 Å². The number of carbonyl (C=O) groups is 1. The molecule has 2 aromatic rings. The van der Waals surface area contributed by atoms with Gasteiger partial charge in [0.2, 0.25) is 0 Å². The number of thiazole rings is 1. The largest absolute Gasteiger partial charge is 0.361 e. The molecule has 1 fully saturated rings. The number of rotatable bonds is 2. The molecular formula is C13H15N3O2S. The van der Waals surface area contributed by atoms with E-state index in [1.807, 2.05) is 16.5 Å². The topological polar surface area (TPSA) is 59.2 Å². The minimum Gasteiger partial charge on any atom is -0.361 e. The van der Waals surface area contributed by atoms with Crippen molar-refractivity contribution in [1.29, 1.82) is 0 Å². The van der Waals surface area contributed by atoms with E-state index in [1.165, 1.54) is 0 Å². The molecule has 0 spiro atoms. The molecule has 1 atom stereocenters. The zero-order valence-corrected chi connectivity index (χ0v) is 11.5. The van der Waals surface area contributed by atoms with Gasteiger partial charge in [0.05, 0.1) is 5.01 Å². The van der Waals surface area contributed by atoms with Gasteiger partial charge in [-0.15, -0.1) is 11.3 Å². The third-order valence-electron chi connectivity index (χ3n) is 3.36. The quantitative estimate of drug-likeness (QED) is 0.846. The van der Waals surface area contributed by atoms with Crippen LogP contribution >= 0.6 is 11.3 Å². The Hall–Kier alpha value is -1.69. The molecule has 1 aliphatic heterocycles. The number of nitrogens with zero attached hydrogens (tertiary/aromatic N) is 3. The van der Waals surface area contributed by atoms with Crippen molar-refractivity contribution in [2.45, 2.75) is 25.7 Å². The molecule has 0 saturated carbocycles. The first-order valence-electron chi connectivity index (χ1n) is 6.36. The fourth-order valence-electron chi connectivity index (χ4n) is 2.43. The SMILES string of the molecule is Cc1cc(C(=O)N2CCCC(c3nccs3)C2)no1. The zero-order chi connectivity index (χ0) is 13.2. The molecule has 19 heavy (non-hydrogen) atoms. The van der Waals surface area contributed by atoms with E-state index in [-0.39, 0.29) is 5.91 Å². The maximum atomic E-state index is 12.3. The summed E-state index contributed by atoms with van der Waals surface area (Å²) < 4.78 is 4.97. The summed E-state index contributed by atoms with van der Waals surface area (Å²) in [7, 11) is 0. The average molecular weight is 277 g/mol. The van der Waals surface area contributed by atoms with Gasteiger partial charge in [-0.25, -0.2) is 4.98 Å². The van der Waals surface area contributed by atoms with Gasteiger partial charge in [-0.1, -0.05) is 5.16 Å². The fraction of sp³-hybridized carbons (Fsp3) is 0.462. The molecule has 0 bridgehead atoms. The fourth-order valence-corrected chi connectivity index (χ4v) is 3.20. The molecule has 1 aliphatic rings. The van der Waals surface area contributed by atoms with Gasteiger partial charge in [-0.05, 0) is 19.8 Å². The van der Waals surface area contributed by atoms with Crippen LogP contribution in [0.1, 0.15) is 40.0 Å². The maximum Gasteiger partial charge on any atom is 0.276 e. The van der Waals surface area contributed by atoms with E-state index in [2.05, 4.69) is 10.1 Å². The highest BCUT2D eigenvalue weighted by Gasteiger charge is 2.28. The number of hydrogen-bond donors (Lipinski definition) is 0. The van der Waals surface area contributed by atoms with Gasteiger partial charge in [-0.3, -0.25) is 4.79 Å². The van der Waals surface area contributed by atoms with Crippen LogP contribution in [0.4, 0.5) is 0 Å². The van der Waals surface area contributed by atoms with Gasteiger partial charge >= 0.3 is 0 Å². The highest BCUT2D eigenvalue weighted by Crippen LogP contribution is 2.28. The molecule has 1 amide bonds. The van der Waals surface area contributed by atoms with Gasteiger partial charge in [0.15, 0.2) is 5.69 Å². The summed E-state index contributed by atoms with van der Waals surface area (Å²) in [6, 6.07) is 1.69. The number of hydrogen-bond acceptors (Lipinski definition) is 5. The summed E-state index contributed by atoms with van der Waals surface area (Å²) in [5.41, 5.74) is 0.400. The van der Waals surface area contributed by atoms with Crippen LogP contribution in [0.3, 0.4) is 0 Å². The Bertz CT molecular complexity index is 564. The molecule has 100 valence electrons. The van der Waals surface area contributed by atoms with E-state index in [4.69, 9.17) is 4.52 Å². The molecule has 0 aromatic carbocycles. The summed E-state index contributed by atoms with van der Waals surface area (Å²) in [5.74, 6) is 0.973. The third kappa shape index (κ3) is 2.53. The first-order valence-corrected chi connectivity index (χ1v) is 7.24. The molecule has 1 saturated heterocycles. The van der Waals surface area contributed by atoms with Crippen LogP contribution in [0.2, 0.25) is 0 Å². The first-order chi connectivity index (χ1) is 9.24. The monoisotopic (exact) mass is 277 g/mol. The van der Waals surface area contributed by atoms with E-state index in [9.17, 15) is 4.79 Å². The molecule has 3 heterocycles. The van der Waals surface area contributed by atoms with E-state index in [0.717, 1.165) is 30.9 Å². The summed E-state index contributed by atoms with van der Waals surface area (Å²) >= 11 is 1.66. The number of aromatic nitrogens is 2. The lowest BCUT2D eigenvalue weighted by molar-refractivity contribution is 0.0696. The van der Waals surface area contributed by atoms with Crippen LogP contribution < -0.4 is 0 Å². The minimum atomic E-state index is -0.0434. The van der Waals surface area contributed by atoms with Crippen molar-refractivity contribution in [3.05, 3.63) is 34.1 Å². The Morgan fingerprint density at radius 1 is 1.58 bits per heavy atom. The third-order valence-corrected chi connectivity index (χ3v) is 4.29. The number of likely N-dealkylation sites (tertiary alicyclic amines) is 1. The Balaban J connectivity index is 1.73. The molecule has 0 aliphatic carbocycles. The Morgan fingerprint density at radius 3 is 3.16 bits per heavy atom. The van der Waals surface area contributed by atoms with Crippen molar-refractivity contribution in [3.8, 4) is 0 Å². The second-order valence-corrected chi connectivity index (χ2v) is 5.71. The Labute approximate surface area is 115 Å². The first kappa shape index (κ1) is 12.3. The molecule has 2 aromatic heterocycles. The maximum absolute atomic E-state index is 12.3. The second kappa shape index (κ2) is 5.13. The second-order valence-electron chi connectivity index (χ2n) is 4.78. The van der Waals surface area contributed by atoms with Crippen LogP contribution in [-0.4, -0.2) is 34.0 Å². The van der Waals surface area contributed by atoms with Crippen LogP contribution in [0.25, 0.3) is 0 Å². The molecular weight excluding hydrogens is 262 g/mol. The lowest BCUT2D eigenvalue weighted by Gasteiger charge is -2.31. The lowest BCUT2D eigenvalue weighted by atomic mass is 9.98. The van der Waals surface area contributed by atoms with Crippen molar-refractivity contribution >= 4 is 17.2 Å². The van der Waals surface area contributed by atoms with Gasteiger partial charge < -0.3 is 9.42 Å². The lowest BCUT2D eigenvalue weighted by Crippen LogP contribution is -2.39. The smallest absolute Gasteiger partial charge is 0.276 e.